The number of carboxylic acid groups (broad SMARTS) is 1. The minimum absolute atomic E-state index is 0.215. The fourth-order valence-corrected chi connectivity index (χ4v) is 1.13. The van der Waals surface area contributed by atoms with E-state index < -0.39 is 24.5 Å². The molecule has 2 N–H and O–H groups in total. The summed E-state index contributed by atoms with van der Waals surface area (Å²) in [7, 11) is 0. The number of aliphatic hydroxyl groups is 1. The Morgan fingerprint density at radius 3 is 2.31 bits per heavy atom. The lowest BCUT2D eigenvalue weighted by molar-refractivity contribution is -0.155. The maximum atomic E-state index is 11.1. The molecule has 0 saturated carbocycles. The molecule has 0 aliphatic rings. The van der Waals surface area contributed by atoms with Gasteiger partial charge < -0.3 is 19.8 Å². The third-order valence-electron chi connectivity index (χ3n) is 2.21. The summed E-state index contributed by atoms with van der Waals surface area (Å²) in [4.78, 5) is 23.4. The first kappa shape index (κ1) is 14.9. The maximum absolute atomic E-state index is 11.1. The van der Waals surface area contributed by atoms with E-state index in [0.29, 0.717) is 6.54 Å². The highest BCUT2D eigenvalue weighted by atomic mass is 16.5. The van der Waals surface area contributed by atoms with E-state index in [1.165, 1.54) is 0 Å². The predicted molar refractivity (Wildman–Crippen MR) is 57.0 cm³/mol. The summed E-state index contributed by atoms with van der Waals surface area (Å²) in [5.74, 6) is -2.11. The molecule has 0 aromatic rings. The summed E-state index contributed by atoms with van der Waals surface area (Å²) in [6.07, 6.45) is -2.19. The third-order valence-corrected chi connectivity index (χ3v) is 2.21. The fraction of sp³-hybridized carbons (Fsp3) is 0.800. The Labute approximate surface area is 94.8 Å². The smallest absolute Gasteiger partial charge is 0.333 e. The van der Waals surface area contributed by atoms with Crippen LogP contribution in [0.1, 0.15) is 20.3 Å². The van der Waals surface area contributed by atoms with Crippen molar-refractivity contribution in [2.75, 3.05) is 26.2 Å². The Morgan fingerprint density at radius 2 is 1.88 bits per heavy atom. The first-order valence-electron chi connectivity index (χ1n) is 5.30. The number of hydrogen-bond donors (Lipinski definition) is 2. The van der Waals surface area contributed by atoms with Crippen LogP contribution in [0.2, 0.25) is 0 Å². The van der Waals surface area contributed by atoms with Crippen molar-refractivity contribution in [2.45, 2.75) is 26.4 Å². The highest BCUT2D eigenvalue weighted by Gasteiger charge is 2.18. The average Bonchev–Trinajstić information content (AvgIpc) is 2.24. The number of carbonyl (C=O) groups excluding carboxylic acids is 1. The van der Waals surface area contributed by atoms with E-state index in [0.717, 1.165) is 13.1 Å². The van der Waals surface area contributed by atoms with Gasteiger partial charge >= 0.3 is 11.9 Å². The molecule has 0 aromatic heterocycles. The molecule has 1 atom stereocenters. The molecular formula is C10H19NO5. The molecule has 0 bridgehead atoms. The van der Waals surface area contributed by atoms with Crippen molar-refractivity contribution in [1.29, 1.82) is 0 Å². The Kier molecular flexibility index (Phi) is 7.49. The van der Waals surface area contributed by atoms with Crippen molar-refractivity contribution in [1.82, 2.24) is 4.90 Å². The Balaban J connectivity index is 3.69. The van der Waals surface area contributed by atoms with Crippen LogP contribution in [0, 0.1) is 0 Å². The van der Waals surface area contributed by atoms with Crippen LogP contribution in [0.3, 0.4) is 0 Å². The molecule has 0 saturated heterocycles. The van der Waals surface area contributed by atoms with Gasteiger partial charge in [0.1, 0.15) is 6.61 Å². The lowest BCUT2D eigenvalue weighted by Gasteiger charge is -2.17. The van der Waals surface area contributed by atoms with Gasteiger partial charge in [0.25, 0.3) is 0 Å². The lowest BCUT2D eigenvalue weighted by atomic mass is 10.2. The second-order valence-electron chi connectivity index (χ2n) is 3.31. The number of esters is 1. The maximum Gasteiger partial charge on any atom is 0.333 e. The number of aliphatic hydroxyl groups excluding tert-OH is 1. The van der Waals surface area contributed by atoms with Gasteiger partial charge in [-0.25, -0.2) is 4.79 Å². The van der Waals surface area contributed by atoms with Gasteiger partial charge in [0.2, 0.25) is 0 Å². The van der Waals surface area contributed by atoms with Crippen LogP contribution in [-0.2, 0) is 14.3 Å². The fourth-order valence-electron chi connectivity index (χ4n) is 1.13. The monoisotopic (exact) mass is 233 g/mol. The zero-order valence-electron chi connectivity index (χ0n) is 9.68. The number of likely N-dealkylation sites (N-methyl/N-ethyl adjacent to an activating group) is 1. The molecule has 0 radical (unpaired) electrons. The molecule has 0 aliphatic heterocycles. The molecule has 0 heterocycles. The molecule has 0 amide bonds. The summed E-state index contributed by atoms with van der Waals surface area (Å²) >= 11 is 0. The van der Waals surface area contributed by atoms with Gasteiger partial charge in [0.15, 0.2) is 6.10 Å². The van der Waals surface area contributed by atoms with E-state index in [9.17, 15) is 9.59 Å². The van der Waals surface area contributed by atoms with Gasteiger partial charge in [-0.05, 0) is 13.1 Å². The Hall–Kier alpha value is -1.14. The summed E-state index contributed by atoms with van der Waals surface area (Å²) < 4.78 is 4.79. The van der Waals surface area contributed by atoms with Crippen molar-refractivity contribution < 1.29 is 24.5 Å². The van der Waals surface area contributed by atoms with E-state index in [1.807, 2.05) is 13.8 Å². The standard InChI is InChI=1S/C10H19NO5/c1-3-11(4-2)5-6-16-9(13)7-8(12)10(14)15/h8,12H,3-7H2,1-2H3,(H,14,15). The summed E-state index contributed by atoms with van der Waals surface area (Å²) in [6.45, 7) is 6.56. The van der Waals surface area contributed by atoms with Crippen LogP contribution in [0.5, 0.6) is 0 Å². The first-order chi connectivity index (χ1) is 7.51. The zero-order chi connectivity index (χ0) is 12.6. The van der Waals surface area contributed by atoms with Gasteiger partial charge in [-0.15, -0.1) is 0 Å². The number of aliphatic carboxylic acids is 1. The normalized spacial score (nSPS) is 12.5. The molecule has 94 valence electrons. The van der Waals surface area contributed by atoms with Gasteiger partial charge in [-0.1, -0.05) is 13.8 Å². The number of rotatable bonds is 8. The molecule has 0 aromatic carbocycles. The minimum atomic E-state index is -1.68. The number of hydrogen-bond acceptors (Lipinski definition) is 5. The first-order valence-corrected chi connectivity index (χ1v) is 5.30. The van der Waals surface area contributed by atoms with Crippen LogP contribution >= 0.6 is 0 Å². The lowest BCUT2D eigenvalue weighted by Crippen LogP contribution is -2.29. The SMILES string of the molecule is CCN(CC)CCOC(=O)CC(O)C(=O)O. The molecule has 1 unspecified atom stereocenters. The van der Waals surface area contributed by atoms with Gasteiger partial charge in [0.05, 0.1) is 6.42 Å². The highest BCUT2D eigenvalue weighted by molar-refractivity contribution is 5.80. The van der Waals surface area contributed by atoms with Crippen molar-refractivity contribution in [3.8, 4) is 0 Å². The van der Waals surface area contributed by atoms with Crippen molar-refractivity contribution in [2.24, 2.45) is 0 Å². The van der Waals surface area contributed by atoms with Crippen LogP contribution in [0.25, 0.3) is 0 Å². The number of carboxylic acids is 1. The second kappa shape index (κ2) is 8.06. The third kappa shape index (κ3) is 6.36. The molecule has 0 spiro atoms. The van der Waals surface area contributed by atoms with Gasteiger partial charge in [-0.2, -0.15) is 0 Å². The summed E-state index contributed by atoms with van der Waals surface area (Å²) in [5.41, 5.74) is 0. The van der Waals surface area contributed by atoms with E-state index in [-0.39, 0.29) is 6.61 Å². The topological polar surface area (TPSA) is 87.1 Å². The van der Waals surface area contributed by atoms with Gasteiger partial charge in [0, 0.05) is 6.54 Å². The van der Waals surface area contributed by atoms with Crippen LogP contribution in [0.4, 0.5) is 0 Å². The highest BCUT2D eigenvalue weighted by Crippen LogP contribution is 1.95. The van der Waals surface area contributed by atoms with Crippen LogP contribution in [0.15, 0.2) is 0 Å². The predicted octanol–water partition coefficient (Wildman–Crippen LogP) is -0.293. The van der Waals surface area contributed by atoms with E-state index in [4.69, 9.17) is 14.9 Å². The average molecular weight is 233 g/mol. The van der Waals surface area contributed by atoms with E-state index in [1.54, 1.807) is 0 Å². The van der Waals surface area contributed by atoms with Crippen LogP contribution < -0.4 is 0 Å². The Morgan fingerprint density at radius 1 is 1.31 bits per heavy atom. The minimum Gasteiger partial charge on any atom is -0.479 e. The molecular weight excluding hydrogens is 214 g/mol. The van der Waals surface area contributed by atoms with E-state index >= 15 is 0 Å². The largest absolute Gasteiger partial charge is 0.479 e. The number of ether oxygens (including phenoxy) is 1. The van der Waals surface area contributed by atoms with Crippen molar-refractivity contribution in [3.05, 3.63) is 0 Å². The van der Waals surface area contributed by atoms with E-state index in [2.05, 4.69) is 4.90 Å². The summed E-state index contributed by atoms with van der Waals surface area (Å²) in [5, 5.41) is 17.2. The molecule has 16 heavy (non-hydrogen) atoms. The molecule has 6 heteroatoms. The van der Waals surface area contributed by atoms with Crippen LogP contribution in [-0.4, -0.2) is 59.4 Å². The number of nitrogens with zero attached hydrogens (tertiary/aromatic N) is 1. The molecule has 6 nitrogen and oxygen atoms in total. The second-order valence-corrected chi connectivity index (χ2v) is 3.31. The zero-order valence-corrected chi connectivity index (χ0v) is 9.68. The molecule has 0 rings (SSSR count). The van der Waals surface area contributed by atoms with Gasteiger partial charge in [-0.3, -0.25) is 4.79 Å². The molecule has 0 aliphatic carbocycles. The van der Waals surface area contributed by atoms with Crippen molar-refractivity contribution >= 4 is 11.9 Å². The van der Waals surface area contributed by atoms with Crippen molar-refractivity contribution in [3.63, 3.8) is 0 Å². The summed E-state index contributed by atoms with van der Waals surface area (Å²) in [6, 6.07) is 0. The number of carbonyl (C=O) groups is 2. The Bertz CT molecular complexity index is 227. The molecule has 0 fully saturated rings. The quantitative estimate of drug-likeness (QED) is 0.560.